The third-order valence-electron chi connectivity index (χ3n) is 5.77. The van der Waals surface area contributed by atoms with Gasteiger partial charge in [-0.15, -0.1) is 0 Å². The zero-order valence-electron chi connectivity index (χ0n) is 16.4. The van der Waals surface area contributed by atoms with Crippen molar-refractivity contribution < 1.29 is 9.59 Å². The summed E-state index contributed by atoms with van der Waals surface area (Å²) in [4.78, 5) is 38.3. The molecule has 0 saturated heterocycles. The van der Waals surface area contributed by atoms with Crippen LogP contribution in [0.1, 0.15) is 20.7 Å². The first-order valence-electron chi connectivity index (χ1n) is 10.1. The van der Waals surface area contributed by atoms with Gasteiger partial charge < -0.3 is 41.2 Å². The van der Waals surface area contributed by atoms with Gasteiger partial charge in [0.05, 0.1) is 0 Å². The number of nitrogens with one attached hydrogen (secondary N) is 8. The number of carbonyl (C=O) groups excluding carboxylic acids is 2. The highest BCUT2D eigenvalue weighted by Crippen LogP contribution is 2.42. The number of ketones is 2. The highest BCUT2D eigenvalue weighted by atomic mass is 16.2. The Bertz CT molecular complexity index is 1470. The van der Waals surface area contributed by atoms with Gasteiger partial charge in [-0.2, -0.15) is 0 Å². The van der Waals surface area contributed by atoms with Crippen molar-refractivity contribution in [3.8, 4) is 0 Å². The van der Waals surface area contributed by atoms with Crippen molar-refractivity contribution in [3.63, 3.8) is 0 Å². The summed E-state index contributed by atoms with van der Waals surface area (Å²) in [6.45, 7) is 0. The highest BCUT2D eigenvalue weighted by molar-refractivity contribution is 6.56. The molecule has 156 valence electrons. The van der Waals surface area contributed by atoms with Gasteiger partial charge in [0.25, 0.3) is 0 Å². The standard InChI is InChI=1S/C22H16N8O2/c31-19-9-1-2-10(20(19)32)18-17(9)21-28-15-7-5-13(26-15)24-11-3-4-12(23-11)25-14-6-8-16(27-14)29-22(18)30-21/h1-8,23-30H. The molecule has 0 amide bonds. The van der Waals surface area contributed by atoms with E-state index >= 15 is 0 Å². The molecule has 10 nitrogen and oxygen atoms in total. The number of hydrogen-bond donors (Lipinski definition) is 8. The number of benzene rings is 1. The van der Waals surface area contributed by atoms with Gasteiger partial charge in [-0.25, -0.2) is 0 Å². The van der Waals surface area contributed by atoms with E-state index in [1.54, 1.807) is 12.1 Å². The lowest BCUT2D eigenvalue weighted by Crippen LogP contribution is -2.20. The molecule has 0 spiro atoms. The highest BCUT2D eigenvalue weighted by Gasteiger charge is 2.33. The van der Waals surface area contributed by atoms with Crippen LogP contribution in [0.3, 0.4) is 0 Å². The van der Waals surface area contributed by atoms with E-state index in [-0.39, 0.29) is 0 Å². The van der Waals surface area contributed by atoms with Crippen molar-refractivity contribution in [3.05, 3.63) is 59.7 Å². The number of Topliss-reactive ketones (excluding diaryl/α,β-unsaturated/α-hetero) is 2. The second kappa shape index (κ2) is 5.85. The fourth-order valence-corrected chi connectivity index (χ4v) is 4.36. The predicted molar refractivity (Wildman–Crippen MR) is 122 cm³/mol. The molecule has 0 radical (unpaired) electrons. The minimum Gasteiger partial charge on any atom is -0.328 e. The molecule has 0 fully saturated rings. The van der Waals surface area contributed by atoms with Crippen molar-refractivity contribution >= 4 is 68.9 Å². The van der Waals surface area contributed by atoms with Gasteiger partial charge in [0.15, 0.2) is 0 Å². The van der Waals surface area contributed by atoms with E-state index < -0.39 is 11.6 Å². The van der Waals surface area contributed by atoms with Gasteiger partial charge in [-0.3, -0.25) is 9.59 Å². The van der Waals surface area contributed by atoms with Crippen molar-refractivity contribution in [2.45, 2.75) is 0 Å². The molecular weight excluding hydrogens is 408 g/mol. The summed E-state index contributed by atoms with van der Waals surface area (Å²) in [5.74, 6) is 4.89. The number of carbonyl (C=O) groups is 2. The van der Waals surface area contributed by atoms with Crippen LogP contribution in [0.5, 0.6) is 0 Å². The summed E-state index contributed by atoms with van der Waals surface area (Å²) < 4.78 is 0. The Morgan fingerprint density at radius 3 is 1.12 bits per heavy atom. The van der Waals surface area contributed by atoms with Crippen molar-refractivity contribution in [1.82, 2.24) is 19.9 Å². The monoisotopic (exact) mass is 424 g/mol. The quantitative estimate of drug-likeness (QED) is 0.164. The lowest BCUT2D eigenvalue weighted by atomic mass is 9.87. The van der Waals surface area contributed by atoms with Crippen LogP contribution in [0.2, 0.25) is 0 Å². The largest absolute Gasteiger partial charge is 0.328 e. The van der Waals surface area contributed by atoms with Crippen LogP contribution in [0.15, 0.2) is 48.5 Å². The van der Waals surface area contributed by atoms with E-state index in [0.717, 1.165) is 34.9 Å². The van der Waals surface area contributed by atoms with Crippen LogP contribution in [0.25, 0.3) is 10.8 Å². The van der Waals surface area contributed by atoms with Gasteiger partial charge in [-0.05, 0) is 48.5 Å². The first-order chi connectivity index (χ1) is 15.6. The first kappa shape index (κ1) is 16.9. The van der Waals surface area contributed by atoms with E-state index in [2.05, 4.69) is 41.2 Å². The van der Waals surface area contributed by atoms with Crippen molar-refractivity contribution in [1.29, 1.82) is 0 Å². The summed E-state index contributed by atoms with van der Waals surface area (Å²) in [7, 11) is 0. The Balaban J connectivity index is 1.44. The Hall–Kier alpha value is -4.86. The fourth-order valence-electron chi connectivity index (χ4n) is 4.36. The topological polar surface area (TPSA) is 145 Å². The van der Waals surface area contributed by atoms with Crippen LogP contribution >= 0.6 is 0 Å². The van der Waals surface area contributed by atoms with Crippen molar-refractivity contribution in [2.24, 2.45) is 0 Å². The SMILES string of the molecule is O=C1C(=O)c2ccc1c1c3[nH]c(c21)Nc1ccc([nH]1)Nc1ccc([nH]1)Nc1ccc([nH]1)N3. The van der Waals surface area contributed by atoms with Crippen LogP contribution in [0.4, 0.5) is 46.5 Å². The molecule has 1 aliphatic heterocycles. The molecule has 4 aromatic heterocycles. The molecule has 1 aromatic carbocycles. The smallest absolute Gasteiger partial charge is 0.234 e. The number of aromatic amines is 4. The number of rotatable bonds is 0. The van der Waals surface area contributed by atoms with Crippen molar-refractivity contribution in [2.75, 3.05) is 21.3 Å². The maximum absolute atomic E-state index is 12.6. The summed E-state index contributed by atoms with van der Waals surface area (Å²) in [6.07, 6.45) is 0. The third kappa shape index (κ3) is 2.34. The van der Waals surface area contributed by atoms with Gasteiger partial charge in [-0.1, -0.05) is 0 Å². The maximum atomic E-state index is 12.6. The minimum absolute atomic E-state index is 0.377. The molecule has 2 aliphatic carbocycles. The summed E-state index contributed by atoms with van der Waals surface area (Å²) >= 11 is 0. The molecule has 0 saturated carbocycles. The molecule has 10 bridgehead atoms. The molecule has 0 atom stereocenters. The van der Waals surface area contributed by atoms with Gasteiger partial charge in [0.2, 0.25) is 11.6 Å². The lowest BCUT2D eigenvalue weighted by Gasteiger charge is -2.14. The zero-order valence-corrected chi connectivity index (χ0v) is 16.4. The van der Waals surface area contributed by atoms with E-state index in [0.29, 0.717) is 33.5 Å². The normalized spacial score (nSPS) is 14.1. The summed E-state index contributed by atoms with van der Waals surface area (Å²) in [6, 6.07) is 14.9. The predicted octanol–water partition coefficient (Wildman–Crippen LogP) is 4.82. The molecule has 8 N–H and O–H groups in total. The third-order valence-corrected chi connectivity index (χ3v) is 5.77. The van der Waals surface area contributed by atoms with Gasteiger partial charge >= 0.3 is 0 Å². The molecule has 32 heavy (non-hydrogen) atoms. The Morgan fingerprint density at radius 2 is 0.750 bits per heavy atom. The summed E-state index contributed by atoms with van der Waals surface area (Å²) in [5.41, 5.74) is 0.754. The lowest BCUT2D eigenvalue weighted by molar-refractivity contribution is 0.0815. The molecule has 10 heteroatoms. The van der Waals surface area contributed by atoms with E-state index in [1.807, 2.05) is 36.4 Å². The van der Waals surface area contributed by atoms with Crippen LogP contribution < -0.4 is 21.3 Å². The second-order valence-corrected chi connectivity index (χ2v) is 7.80. The number of aromatic nitrogens is 4. The Morgan fingerprint density at radius 1 is 0.406 bits per heavy atom. The van der Waals surface area contributed by atoms with Crippen LogP contribution in [-0.4, -0.2) is 31.5 Å². The maximum Gasteiger partial charge on any atom is 0.234 e. The number of fused-ring (bicyclic) bond motifs is 10. The number of anilines is 8. The Kier molecular flexibility index (Phi) is 3.09. The molecular formula is C22H16N8O2. The van der Waals surface area contributed by atoms with E-state index in [4.69, 9.17) is 0 Å². The fraction of sp³-hybridized carbons (Fsp3) is 0. The molecule has 3 aliphatic rings. The number of H-pyrrole nitrogens is 4. The van der Waals surface area contributed by atoms with Gasteiger partial charge in [0, 0.05) is 21.9 Å². The number of hydrogen-bond acceptors (Lipinski definition) is 6. The summed E-state index contributed by atoms with van der Waals surface area (Å²) in [5, 5.41) is 14.6. The average molecular weight is 424 g/mol. The van der Waals surface area contributed by atoms with E-state index in [1.165, 1.54) is 0 Å². The molecule has 8 rings (SSSR count). The molecule has 5 aromatic rings. The molecule has 5 heterocycles. The van der Waals surface area contributed by atoms with Crippen LogP contribution in [-0.2, 0) is 0 Å². The zero-order chi connectivity index (χ0) is 21.4. The van der Waals surface area contributed by atoms with Crippen LogP contribution in [0, 0.1) is 0 Å². The minimum atomic E-state index is -0.489. The van der Waals surface area contributed by atoms with E-state index in [9.17, 15) is 9.59 Å². The first-order valence-corrected chi connectivity index (χ1v) is 10.1. The Labute approximate surface area is 179 Å². The second-order valence-electron chi connectivity index (χ2n) is 7.80. The average Bonchev–Trinajstić information content (AvgIpc) is 3.56. The van der Waals surface area contributed by atoms with Gasteiger partial charge in [0.1, 0.15) is 46.5 Å². The molecule has 0 unspecified atom stereocenters.